The molecule has 1 aliphatic heterocycles. The van der Waals surface area contributed by atoms with Gasteiger partial charge >= 0.3 is 0 Å². The number of thioether (sulfide) groups is 1. The lowest BCUT2D eigenvalue weighted by Gasteiger charge is -2.22. The highest BCUT2D eigenvalue weighted by Crippen LogP contribution is 2.32. The maximum Gasteiger partial charge on any atom is 0.228 e. The molecule has 2 nitrogen and oxygen atoms in total. The molecular formula is C18H18FNOS. The number of hydrogen-bond donors (Lipinski definition) is 0. The van der Waals surface area contributed by atoms with Crippen LogP contribution in [0.3, 0.4) is 0 Å². The Bertz CT molecular complexity index is 671. The van der Waals surface area contributed by atoms with Gasteiger partial charge in [0, 0.05) is 28.8 Å². The van der Waals surface area contributed by atoms with E-state index in [0.717, 1.165) is 17.0 Å². The lowest BCUT2D eigenvalue weighted by atomic mass is 10.1. The number of carbonyl (C=O) groups is 1. The average Bonchev–Trinajstić information content (AvgIpc) is 2.85. The topological polar surface area (TPSA) is 20.3 Å². The largest absolute Gasteiger partial charge is 0.309 e. The Labute approximate surface area is 134 Å². The summed E-state index contributed by atoms with van der Waals surface area (Å²) in [5, 5.41) is 0. The number of rotatable bonds is 4. The van der Waals surface area contributed by atoms with Gasteiger partial charge in [-0.25, -0.2) is 4.39 Å². The van der Waals surface area contributed by atoms with Crippen molar-refractivity contribution in [2.75, 3.05) is 10.7 Å². The number of halogens is 1. The fraction of sp³-hybridized carbons (Fsp3) is 0.278. The first-order chi connectivity index (χ1) is 10.6. The van der Waals surface area contributed by atoms with Crippen molar-refractivity contribution in [3.63, 3.8) is 0 Å². The fourth-order valence-corrected chi connectivity index (χ4v) is 3.69. The number of carbonyl (C=O) groups excluding carboxylic acids is 1. The molecule has 1 amide bonds. The van der Waals surface area contributed by atoms with Crippen LogP contribution >= 0.6 is 11.8 Å². The van der Waals surface area contributed by atoms with E-state index in [1.165, 1.54) is 17.7 Å². The van der Waals surface area contributed by atoms with Crippen molar-refractivity contribution in [3.8, 4) is 0 Å². The van der Waals surface area contributed by atoms with E-state index >= 15 is 0 Å². The molecule has 0 fully saturated rings. The summed E-state index contributed by atoms with van der Waals surface area (Å²) >= 11 is 1.58. The summed E-state index contributed by atoms with van der Waals surface area (Å²) in [5.74, 6) is 0.630. The summed E-state index contributed by atoms with van der Waals surface area (Å²) in [5.41, 5.74) is 2.29. The first-order valence-electron chi connectivity index (χ1n) is 7.43. The van der Waals surface area contributed by atoms with Crippen molar-refractivity contribution >= 4 is 23.4 Å². The number of nitrogens with zero attached hydrogens (tertiary/aromatic N) is 1. The molecular weight excluding hydrogens is 297 g/mol. The zero-order valence-corrected chi connectivity index (χ0v) is 13.3. The quantitative estimate of drug-likeness (QED) is 0.785. The standard InChI is InChI=1S/C18H18FNOS/c1-13-12-14-4-2-3-5-17(14)20(13)18(21)10-11-22-16-8-6-15(19)7-9-16/h2-9,13H,10-12H2,1H3. The third-order valence-corrected chi connectivity index (χ3v) is 4.89. The zero-order valence-electron chi connectivity index (χ0n) is 12.5. The van der Waals surface area contributed by atoms with Crippen molar-refractivity contribution in [2.24, 2.45) is 0 Å². The summed E-state index contributed by atoms with van der Waals surface area (Å²) in [6.07, 6.45) is 1.41. The highest BCUT2D eigenvalue weighted by molar-refractivity contribution is 7.99. The van der Waals surface area contributed by atoms with Gasteiger partial charge in [0.2, 0.25) is 5.91 Å². The lowest BCUT2D eigenvalue weighted by molar-refractivity contribution is -0.118. The lowest BCUT2D eigenvalue weighted by Crippen LogP contribution is -2.35. The van der Waals surface area contributed by atoms with Gasteiger partial charge in [-0.2, -0.15) is 0 Å². The predicted molar refractivity (Wildman–Crippen MR) is 88.8 cm³/mol. The van der Waals surface area contributed by atoms with Crippen molar-refractivity contribution < 1.29 is 9.18 Å². The average molecular weight is 315 g/mol. The molecule has 3 rings (SSSR count). The smallest absolute Gasteiger partial charge is 0.228 e. The molecule has 0 saturated heterocycles. The second-order valence-electron chi connectivity index (χ2n) is 5.50. The van der Waals surface area contributed by atoms with Crippen LogP contribution in [0.4, 0.5) is 10.1 Å². The van der Waals surface area contributed by atoms with Crippen LogP contribution in [-0.2, 0) is 11.2 Å². The van der Waals surface area contributed by atoms with E-state index < -0.39 is 0 Å². The minimum atomic E-state index is -0.233. The minimum absolute atomic E-state index is 0.159. The van der Waals surface area contributed by atoms with Gasteiger partial charge in [0.05, 0.1) is 0 Å². The molecule has 0 radical (unpaired) electrons. The van der Waals surface area contributed by atoms with Gasteiger partial charge in [-0.3, -0.25) is 4.79 Å². The Morgan fingerprint density at radius 3 is 2.73 bits per heavy atom. The Morgan fingerprint density at radius 1 is 1.23 bits per heavy atom. The number of benzene rings is 2. The van der Waals surface area contributed by atoms with Crippen molar-refractivity contribution in [2.45, 2.75) is 30.7 Å². The number of para-hydroxylation sites is 1. The van der Waals surface area contributed by atoms with Gasteiger partial charge in [-0.1, -0.05) is 18.2 Å². The van der Waals surface area contributed by atoms with E-state index in [-0.39, 0.29) is 17.8 Å². The van der Waals surface area contributed by atoms with Crippen LogP contribution in [0.1, 0.15) is 18.9 Å². The summed E-state index contributed by atoms with van der Waals surface area (Å²) in [6, 6.07) is 14.7. The second-order valence-corrected chi connectivity index (χ2v) is 6.67. The van der Waals surface area contributed by atoms with Crippen LogP contribution in [0.15, 0.2) is 53.4 Å². The Balaban J connectivity index is 1.59. The SMILES string of the molecule is CC1Cc2ccccc2N1C(=O)CCSc1ccc(F)cc1. The van der Waals surface area contributed by atoms with E-state index in [2.05, 4.69) is 13.0 Å². The molecule has 2 aromatic carbocycles. The maximum atomic E-state index is 12.9. The molecule has 0 aliphatic carbocycles. The van der Waals surface area contributed by atoms with Crippen molar-refractivity contribution in [1.82, 2.24) is 0 Å². The maximum absolute atomic E-state index is 12.9. The predicted octanol–water partition coefficient (Wildman–Crippen LogP) is 4.29. The van der Waals surface area contributed by atoms with Crippen molar-refractivity contribution in [1.29, 1.82) is 0 Å². The van der Waals surface area contributed by atoms with Gasteiger partial charge in [0.15, 0.2) is 0 Å². The summed E-state index contributed by atoms with van der Waals surface area (Å²) < 4.78 is 12.9. The first kappa shape index (κ1) is 15.1. The van der Waals surface area contributed by atoms with E-state index in [0.29, 0.717) is 12.2 Å². The van der Waals surface area contributed by atoms with Crippen LogP contribution in [0, 0.1) is 5.82 Å². The molecule has 0 N–H and O–H groups in total. The van der Waals surface area contributed by atoms with Gasteiger partial charge < -0.3 is 4.90 Å². The molecule has 1 aliphatic rings. The van der Waals surface area contributed by atoms with Crippen LogP contribution in [-0.4, -0.2) is 17.7 Å². The molecule has 4 heteroatoms. The zero-order chi connectivity index (χ0) is 15.5. The van der Waals surface area contributed by atoms with Crippen LogP contribution in [0.25, 0.3) is 0 Å². The van der Waals surface area contributed by atoms with E-state index in [9.17, 15) is 9.18 Å². The molecule has 0 aromatic heterocycles. The third-order valence-electron chi connectivity index (χ3n) is 3.87. The molecule has 0 spiro atoms. The highest BCUT2D eigenvalue weighted by Gasteiger charge is 2.29. The molecule has 114 valence electrons. The Morgan fingerprint density at radius 2 is 1.95 bits per heavy atom. The Hall–Kier alpha value is -1.81. The highest BCUT2D eigenvalue weighted by atomic mass is 32.2. The Kier molecular flexibility index (Phi) is 4.48. The third kappa shape index (κ3) is 3.17. The number of amides is 1. The summed E-state index contributed by atoms with van der Waals surface area (Å²) in [7, 11) is 0. The monoisotopic (exact) mass is 315 g/mol. The second kappa shape index (κ2) is 6.53. The molecule has 1 unspecified atom stereocenters. The van der Waals surface area contributed by atoms with Gasteiger partial charge in [-0.15, -0.1) is 11.8 Å². The number of hydrogen-bond acceptors (Lipinski definition) is 2. The molecule has 1 atom stereocenters. The van der Waals surface area contributed by atoms with Gasteiger partial charge in [-0.05, 0) is 49.2 Å². The molecule has 1 heterocycles. The molecule has 22 heavy (non-hydrogen) atoms. The number of fused-ring (bicyclic) bond motifs is 1. The first-order valence-corrected chi connectivity index (χ1v) is 8.42. The number of anilines is 1. The van der Waals surface area contributed by atoms with Crippen LogP contribution in [0.2, 0.25) is 0 Å². The van der Waals surface area contributed by atoms with Crippen LogP contribution < -0.4 is 4.90 Å². The molecule has 2 aromatic rings. The minimum Gasteiger partial charge on any atom is -0.309 e. The fourth-order valence-electron chi connectivity index (χ4n) is 2.85. The van der Waals surface area contributed by atoms with Crippen LogP contribution in [0.5, 0.6) is 0 Å². The van der Waals surface area contributed by atoms with Crippen molar-refractivity contribution in [3.05, 3.63) is 59.9 Å². The normalized spacial score (nSPS) is 16.6. The van der Waals surface area contributed by atoms with E-state index in [1.54, 1.807) is 23.9 Å². The van der Waals surface area contributed by atoms with E-state index in [1.807, 2.05) is 23.1 Å². The molecule has 0 saturated carbocycles. The molecule has 0 bridgehead atoms. The summed E-state index contributed by atoms with van der Waals surface area (Å²) in [4.78, 5) is 15.4. The van der Waals surface area contributed by atoms with Gasteiger partial charge in [0.25, 0.3) is 0 Å². The summed E-state index contributed by atoms with van der Waals surface area (Å²) in [6.45, 7) is 2.09. The van der Waals surface area contributed by atoms with Gasteiger partial charge in [0.1, 0.15) is 5.82 Å². The van der Waals surface area contributed by atoms with E-state index in [4.69, 9.17) is 0 Å².